The third-order valence-corrected chi connectivity index (χ3v) is 9.07. The van der Waals surface area contributed by atoms with E-state index in [0.717, 1.165) is 63.1 Å². The number of benzene rings is 1. The zero-order valence-corrected chi connectivity index (χ0v) is 23.1. The minimum atomic E-state index is 0.0484. The van der Waals surface area contributed by atoms with Gasteiger partial charge in [0.2, 0.25) is 0 Å². The SMILES string of the molecule is CO[C@@H]1COCC[C@@H]1NC1CCN(C(=O)c2ncnc(CC[C@H]3CCC[C@@H](c4ccccc4)C3)c2C)CC1. The maximum Gasteiger partial charge on any atom is 0.272 e. The molecule has 3 aliphatic rings. The van der Waals surface area contributed by atoms with Gasteiger partial charge < -0.3 is 19.7 Å². The number of piperidine rings is 1. The predicted molar refractivity (Wildman–Crippen MR) is 148 cm³/mol. The highest BCUT2D eigenvalue weighted by molar-refractivity contribution is 5.93. The third-order valence-electron chi connectivity index (χ3n) is 9.07. The van der Waals surface area contributed by atoms with Crippen LogP contribution in [0.3, 0.4) is 0 Å². The number of hydrogen-bond donors (Lipinski definition) is 1. The lowest BCUT2D eigenvalue weighted by molar-refractivity contribution is -0.0533. The molecule has 1 aromatic heterocycles. The van der Waals surface area contributed by atoms with Crippen LogP contribution < -0.4 is 5.32 Å². The summed E-state index contributed by atoms with van der Waals surface area (Å²) in [6.45, 7) is 4.95. The lowest BCUT2D eigenvalue weighted by Gasteiger charge is -2.38. The van der Waals surface area contributed by atoms with Crippen LogP contribution in [0.15, 0.2) is 36.7 Å². The van der Waals surface area contributed by atoms with Crippen molar-refractivity contribution >= 4 is 5.91 Å². The average Bonchev–Trinajstić information content (AvgIpc) is 2.97. The van der Waals surface area contributed by atoms with Gasteiger partial charge in [0.1, 0.15) is 12.0 Å². The van der Waals surface area contributed by atoms with Crippen LogP contribution in [0.4, 0.5) is 0 Å². The van der Waals surface area contributed by atoms with Gasteiger partial charge in [0.25, 0.3) is 5.91 Å². The summed E-state index contributed by atoms with van der Waals surface area (Å²) in [5.74, 6) is 1.43. The van der Waals surface area contributed by atoms with Crippen molar-refractivity contribution in [3.63, 3.8) is 0 Å². The number of ether oxygens (including phenoxy) is 2. The second-order valence-corrected chi connectivity index (χ2v) is 11.5. The quantitative estimate of drug-likeness (QED) is 0.544. The number of nitrogens with zero attached hydrogens (tertiary/aromatic N) is 3. The van der Waals surface area contributed by atoms with Crippen LogP contribution in [0.2, 0.25) is 0 Å². The van der Waals surface area contributed by atoms with E-state index in [1.54, 1.807) is 13.4 Å². The summed E-state index contributed by atoms with van der Waals surface area (Å²) >= 11 is 0. The maximum atomic E-state index is 13.5. The molecule has 0 unspecified atom stereocenters. The Morgan fingerprint density at radius 3 is 2.71 bits per heavy atom. The topological polar surface area (TPSA) is 76.6 Å². The molecule has 1 amide bonds. The summed E-state index contributed by atoms with van der Waals surface area (Å²) in [5.41, 5.74) is 4.05. The molecule has 3 fully saturated rings. The molecule has 1 N–H and O–H groups in total. The third kappa shape index (κ3) is 6.61. The molecule has 0 radical (unpaired) electrons. The molecule has 7 nitrogen and oxygen atoms in total. The summed E-state index contributed by atoms with van der Waals surface area (Å²) in [6, 6.07) is 11.7. The molecule has 7 heteroatoms. The minimum absolute atomic E-state index is 0.0484. The van der Waals surface area contributed by atoms with Crippen molar-refractivity contribution in [3.05, 3.63) is 59.2 Å². The number of aryl methyl sites for hydroxylation is 1. The predicted octanol–water partition coefficient (Wildman–Crippen LogP) is 4.69. The number of amides is 1. The first-order valence-corrected chi connectivity index (χ1v) is 14.6. The molecule has 206 valence electrons. The van der Waals surface area contributed by atoms with Crippen molar-refractivity contribution < 1.29 is 14.3 Å². The van der Waals surface area contributed by atoms with Crippen LogP contribution in [-0.4, -0.2) is 72.4 Å². The molecule has 2 aromatic rings. The first-order chi connectivity index (χ1) is 18.6. The normalized spacial score (nSPS) is 26.8. The van der Waals surface area contributed by atoms with Crippen molar-refractivity contribution in [1.29, 1.82) is 0 Å². The van der Waals surface area contributed by atoms with E-state index in [0.29, 0.717) is 36.2 Å². The van der Waals surface area contributed by atoms with E-state index in [4.69, 9.17) is 9.47 Å². The number of likely N-dealkylation sites (tertiary alicyclic amines) is 1. The Kier molecular flexibility index (Phi) is 9.41. The van der Waals surface area contributed by atoms with Gasteiger partial charge in [-0.15, -0.1) is 0 Å². The summed E-state index contributed by atoms with van der Waals surface area (Å²) in [6.07, 6.45) is 11.7. The highest BCUT2D eigenvalue weighted by atomic mass is 16.5. The Bertz CT molecular complexity index is 1040. The fourth-order valence-corrected chi connectivity index (χ4v) is 6.71. The lowest BCUT2D eigenvalue weighted by Crippen LogP contribution is -2.54. The number of aromatic nitrogens is 2. The van der Waals surface area contributed by atoms with Gasteiger partial charge in [0.15, 0.2) is 0 Å². The smallest absolute Gasteiger partial charge is 0.272 e. The Balaban J connectivity index is 1.13. The number of methoxy groups -OCH3 is 1. The summed E-state index contributed by atoms with van der Waals surface area (Å²) in [5, 5.41) is 3.77. The Morgan fingerprint density at radius 2 is 1.92 bits per heavy atom. The van der Waals surface area contributed by atoms with Crippen molar-refractivity contribution in [1.82, 2.24) is 20.2 Å². The fraction of sp³-hybridized carbons (Fsp3) is 0.645. The van der Waals surface area contributed by atoms with Gasteiger partial charge in [-0.05, 0) is 69.3 Å². The summed E-state index contributed by atoms with van der Waals surface area (Å²) in [4.78, 5) is 24.5. The fourth-order valence-electron chi connectivity index (χ4n) is 6.71. The molecular formula is C31H44N4O3. The molecule has 4 atom stereocenters. The first kappa shape index (κ1) is 27.2. The molecule has 1 saturated carbocycles. The van der Waals surface area contributed by atoms with Crippen LogP contribution in [0, 0.1) is 12.8 Å². The van der Waals surface area contributed by atoms with Gasteiger partial charge in [-0.25, -0.2) is 9.97 Å². The molecule has 1 aliphatic carbocycles. The van der Waals surface area contributed by atoms with Crippen LogP contribution in [-0.2, 0) is 15.9 Å². The summed E-state index contributed by atoms with van der Waals surface area (Å²) in [7, 11) is 1.75. The molecule has 2 aliphatic heterocycles. The molecule has 1 aromatic carbocycles. The highest BCUT2D eigenvalue weighted by Gasteiger charge is 2.31. The van der Waals surface area contributed by atoms with Crippen LogP contribution >= 0.6 is 0 Å². The first-order valence-electron chi connectivity index (χ1n) is 14.6. The van der Waals surface area contributed by atoms with Crippen molar-refractivity contribution in [2.45, 2.75) is 88.8 Å². The van der Waals surface area contributed by atoms with Gasteiger partial charge in [-0.1, -0.05) is 43.2 Å². The molecule has 5 rings (SSSR count). The van der Waals surface area contributed by atoms with Gasteiger partial charge in [0, 0.05) is 50.1 Å². The molecular weight excluding hydrogens is 476 g/mol. The van der Waals surface area contributed by atoms with Crippen molar-refractivity contribution in [2.24, 2.45) is 5.92 Å². The molecule has 0 bridgehead atoms. The van der Waals surface area contributed by atoms with Gasteiger partial charge in [-0.2, -0.15) is 0 Å². The van der Waals surface area contributed by atoms with Gasteiger partial charge in [0.05, 0.1) is 12.7 Å². The highest BCUT2D eigenvalue weighted by Crippen LogP contribution is 2.38. The molecule has 0 spiro atoms. The number of carbonyl (C=O) groups excluding carboxylic acids is 1. The van der Waals surface area contributed by atoms with Crippen molar-refractivity contribution in [3.8, 4) is 0 Å². The van der Waals surface area contributed by atoms with E-state index in [9.17, 15) is 4.79 Å². The number of nitrogens with one attached hydrogen (secondary N) is 1. The average molecular weight is 521 g/mol. The molecule has 3 heterocycles. The zero-order chi connectivity index (χ0) is 26.3. The van der Waals surface area contributed by atoms with E-state index in [2.05, 4.69) is 45.6 Å². The van der Waals surface area contributed by atoms with Gasteiger partial charge in [-0.3, -0.25) is 4.79 Å². The largest absolute Gasteiger partial charge is 0.379 e. The standard InChI is InChI=1S/C31H44N4O3/c1-22-27(12-11-23-7-6-10-25(19-23)24-8-4-3-5-9-24)32-21-33-30(22)31(36)35-16-13-26(14-17-35)34-28-15-18-38-20-29(28)37-2/h3-5,8-9,21,23,25-26,28-29,34H,6-7,10-20H2,1-2H3/t23-,25-,28+,29-/m1/s1. The zero-order valence-electron chi connectivity index (χ0n) is 23.1. The summed E-state index contributed by atoms with van der Waals surface area (Å²) < 4.78 is 11.2. The van der Waals surface area contributed by atoms with E-state index in [1.807, 2.05) is 11.8 Å². The number of rotatable bonds is 8. The van der Waals surface area contributed by atoms with Crippen LogP contribution in [0.1, 0.15) is 84.6 Å². The van der Waals surface area contributed by atoms with E-state index < -0.39 is 0 Å². The Hall–Kier alpha value is -2.35. The van der Waals surface area contributed by atoms with Crippen LogP contribution in [0.5, 0.6) is 0 Å². The van der Waals surface area contributed by atoms with Crippen LogP contribution in [0.25, 0.3) is 0 Å². The molecule has 38 heavy (non-hydrogen) atoms. The van der Waals surface area contributed by atoms with Crippen molar-refractivity contribution in [2.75, 3.05) is 33.4 Å². The van der Waals surface area contributed by atoms with E-state index in [1.165, 1.54) is 31.2 Å². The van der Waals surface area contributed by atoms with E-state index >= 15 is 0 Å². The monoisotopic (exact) mass is 520 g/mol. The maximum absolute atomic E-state index is 13.5. The van der Waals surface area contributed by atoms with Gasteiger partial charge >= 0.3 is 0 Å². The lowest BCUT2D eigenvalue weighted by atomic mass is 9.76. The number of hydrogen-bond acceptors (Lipinski definition) is 6. The Morgan fingerprint density at radius 1 is 1.11 bits per heavy atom. The van der Waals surface area contributed by atoms with E-state index in [-0.39, 0.29) is 12.0 Å². The minimum Gasteiger partial charge on any atom is -0.379 e. The second kappa shape index (κ2) is 13.1. The second-order valence-electron chi connectivity index (χ2n) is 11.5. The molecule has 2 saturated heterocycles. The Labute approximate surface area is 227 Å². The number of carbonyl (C=O) groups is 1.